The van der Waals surface area contributed by atoms with Gasteiger partial charge in [0.1, 0.15) is 18.0 Å². The van der Waals surface area contributed by atoms with Crippen molar-refractivity contribution >= 4 is 11.7 Å². The largest absolute Gasteiger partial charge is 0.416 e. The molecule has 0 aliphatic carbocycles. The van der Waals surface area contributed by atoms with Crippen LogP contribution in [-0.4, -0.2) is 27.0 Å². The van der Waals surface area contributed by atoms with Crippen molar-refractivity contribution in [3.8, 4) is 16.9 Å². The molecule has 1 amide bonds. The highest BCUT2D eigenvalue weighted by Crippen LogP contribution is 2.36. The number of anilines is 1. The molecule has 0 bridgehead atoms. The third-order valence-corrected chi connectivity index (χ3v) is 4.78. The van der Waals surface area contributed by atoms with Gasteiger partial charge >= 0.3 is 6.18 Å². The first-order valence-corrected chi connectivity index (χ1v) is 8.54. The maximum atomic E-state index is 13.2. The molecule has 0 saturated heterocycles. The first kappa shape index (κ1) is 18.0. The molecule has 0 unspecified atom stereocenters. The molecular formula is C19H16F3N5O. The van der Waals surface area contributed by atoms with E-state index in [9.17, 15) is 18.0 Å². The van der Waals surface area contributed by atoms with E-state index in [1.165, 1.54) is 18.6 Å². The molecule has 0 spiro atoms. The highest BCUT2D eigenvalue weighted by atomic mass is 19.4. The first-order valence-electron chi connectivity index (χ1n) is 8.54. The number of amides is 1. The van der Waals surface area contributed by atoms with Crippen molar-refractivity contribution in [3.63, 3.8) is 0 Å². The monoisotopic (exact) mass is 387 g/mol. The number of nitrogens with one attached hydrogen (secondary N) is 1. The molecule has 2 aromatic heterocycles. The third-order valence-electron chi connectivity index (χ3n) is 4.78. The van der Waals surface area contributed by atoms with Crippen LogP contribution < -0.4 is 11.1 Å². The number of hydrogen-bond donors (Lipinski definition) is 2. The number of alkyl halides is 3. The fraction of sp³-hybridized carbons (Fsp3) is 0.211. The second kappa shape index (κ2) is 6.36. The van der Waals surface area contributed by atoms with E-state index < -0.39 is 17.6 Å². The van der Waals surface area contributed by atoms with E-state index in [1.807, 2.05) is 0 Å². The maximum absolute atomic E-state index is 13.2. The topological polar surface area (TPSA) is 85.8 Å². The molecule has 144 valence electrons. The second-order valence-corrected chi connectivity index (χ2v) is 6.59. The summed E-state index contributed by atoms with van der Waals surface area (Å²) in [6.07, 6.45) is 0.692. The Bertz CT molecular complexity index is 1090. The SMILES string of the molecule is Cc1ccc(C(F)(F)F)cc1-c1cn(-c2ncnc3c2CCN3)cc1C(N)=O. The van der Waals surface area contributed by atoms with Gasteiger partial charge in [0.2, 0.25) is 0 Å². The molecule has 0 fully saturated rings. The Morgan fingerprint density at radius 2 is 2.00 bits per heavy atom. The Morgan fingerprint density at radius 3 is 2.71 bits per heavy atom. The summed E-state index contributed by atoms with van der Waals surface area (Å²) in [5, 5.41) is 3.14. The standard InChI is InChI=1S/C19H16F3N5O/c1-10-2-3-11(19(20,21)22)6-13(10)14-7-27(8-15(14)16(23)28)18-12-4-5-24-17(12)25-9-26-18/h2-3,6-9H,4-5H2,1H3,(H2,23,28)(H,24,25,26). The molecule has 1 aliphatic rings. The Labute approximate surface area is 158 Å². The van der Waals surface area contributed by atoms with Gasteiger partial charge < -0.3 is 15.6 Å². The quantitative estimate of drug-likeness (QED) is 0.722. The predicted molar refractivity (Wildman–Crippen MR) is 97.2 cm³/mol. The average Bonchev–Trinajstić information content (AvgIpc) is 3.28. The number of carbonyl (C=O) groups is 1. The zero-order valence-corrected chi connectivity index (χ0v) is 14.8. The van der Waals surface area contributed by atoms with Crippen LogP contribution in [-0.2, 0) is 12.6 Å². The van der Waals surface area contributed by atoms with Gasteiger partial charge in [-0.2, -0.15) is 13.2 Å². The van der Waals surface area contributed by atoms with E-state index >= 15 is 0 Å². The second-order valence-electron chi connectivity index (χ2n) is 6.59. The molecule has 3 aromatic rings. The minimum atomic E-state index is -4.49. The van der Waals surface area contributed by atoms with Crippen LogP contribution in [0, 0.1) is 6.92 Å². The van der Waals surface area contributed by atoms with Gasteiger partial charge in [-0.15, -0.1) is 0 Å². The highest BCUT2D eigenvalue weighted by Gasteiger charge is 2.31. The lowest BCUT2D eigenvalue weighted by molar-refractivity contribution is -0.137. The molecule has 0 atom stereocenters. The van der Waals surface area contributed by atoms with Crippen molar-refractivity contribution in [2.24, 2.45) is 5.73 Å². The Hall–Kier alpha value is -3.36. The zero-order valence-electron chi connectivity index (χ0n) is 14.8. The molecule has 3 N–H and O–H groups in total. The number of rotatable bonds is 3. The number of primary amides is 1. The smallest absolute Gasteiger partial charge is 0.369 e. The third kappa shape index (κ3) is 2.98. The van der Waals surface area contributed by atoms with E-state index in [4.69, 9.17) is 5.73 Å². The molecule has 6 nitrogen and oxygen atoms in total. The highest BCUT2D eigenvalue weighted by molar-refractivity contribution is 6.00. The molecule has 1 aromatic carbocycles. The molecular weight excluding hydrogens is 371 g/mol. The molecule has 28 heavy (non-hydrogen) atoms. The number of aromatic nitrogens is 3. The summed E-state index contributed by atoms with van der Waals surface area (Å²) in [4.78, 5) is 20.5. The number of fused-ring (bicyclic) bond motifs is 1. The summed E-state index contributed by atoms with van der Waals surface area (Å²) in [5.74, 6) is 0.541. The van der Waals surface area contributed by atoms with Crippen molar-refractivity contribution in [3.05, 3.63) is 59.2 Å². The molecule has 1 aliphatic heterocycles. The summed E-state index contributed by atoms with van der Waals surface area (Å²) < 4.78 is 41.1. The summed E-state index contributed by atoms with van der Waals surface area (Å²) in [6, 6.07) is 3.43. The number of nitrogens with zero attached hydrogens (tertiary/aromatic N) is 3. The maximum Gasteiger partial charge on any atom is 0.416 e. The van der Waals surface area contributed by atoms with Crippen molar-refractivity contribution in [2.75, 3.05) is 11.9 Å². The number of nitrogens with two attached hydrogens (primary N) is 1. The van der Waals surface area contributed by atoms with Crippen molar-refractivity contribution in [1.29, 1.82) is 0 Å². The van der Waals surface area contributed by atoms with Crippen LogP contribution in [0.4, 0.5) is 19.0 Å². The van der Waals surface area contributed by atoms with Crippen LogP contribution in [0.3, 0.4) is 0 Å². The van der Waals surface area contributed by atoms with Gasteiger partial charge in [0.15, 0.2) is 0 Å². The minimum absolute atomic E-state index is 0.126. The number of benzene rings is 1. The number of carbonyl (C=O) groups excluding carboxylic acids is 1. The summed E-state index contributed by atoms with van der Waals surface area (Å²) in [6.45, 7) is 2.40. The Kier molecular flexibility index (Phi) is 4.10. The van der Waals surface area contributed by atoms with Gasteiger partial charge in [-0.1, -0.05) is 6.07 Å². The molecule has 4 rings (SSSR count). The van der Waals surface area contributed by atoms with Crippen LogP contribution >= 0.6 is 0 Å². The van der Waals surface area contributed by atoms with E-state index in [2.05, 4.69) is 15.3 Å². The number of aryl methyl sites for hydroxylation is 1. The van der Waals surface area contributed by atoms with Crippen LogP contribution in [0.25, 0.3) is 16.9 Å². The van der Waals surface area contributed by atoms with E-state index in [1.54, 1.807) is 17.7 Å². The van der Waals surface area contributed by atoms with Gasteiger partial charge in [0.25, 0.3) is 5.91 Å². The number of halogens is 3. The van der Waals surface area contributed by atoms with Crippen LogP contribution in [0.15, 0.2) is 36.9 Å². The van der Waals surface area contributed by atoms with E-state index in [0.29, 0.717) is 41.3 Å². The zero-order chi connectivity index (χ0) is 20.1. The Morgan fingerprint density at radius 1 is 1.21 bits per heavy atom. The van der Waals surface area contributed by atoms with Crippen molar-refractivity contribution in [1.82, 2.24) is 14.5 Å². The lowest BCUT2D eigenvalue weighted by Crippen LogP contribution is -2.11. The van der Waals surface area contributed by atoms with Crippen LogP contribution in [0.2, 0.25) is 0 Å². The summed E-state index contributed by atoms with van der Waals surface area (Å²) in [7, 11) is 0. The van der Waals surface area contributed by atoms with E-state index in [0.717, 1.165) is 17.7 Å². The number of hydrogen-bond acceptors (Lipinski definition) is 4. The van der Waals surface area contributed by atoms with Gasteiger partial charge in [-0.05, 0) is 36.6 Å². The molecule has 0 radical (unpaired) electrons. The normalized spacial score (nSPS) is 13.3. The van der Waals surface area contributed by atoms with Crippen LogP contribution in [0.1, 0.15) is 27.0 Å². The fourth-order valence-corrected chi connectivity index (χ4v) is 3.39. The Balaban J connectivity index is 1.90. The molecule has 0 saturated carbocycles. The van der Waals surface area contributed by atoms with Gasteiger partial charge in [-0.25, -0.2) is 9.97 Å². The molecule has 9 heteroatoms. The fourth-order valence-electron chi connectivity index (χ4n) is 3.39. The van der Waals surface area contributed by atoms with Crippen molar-refractivity contribution in [2.45, 2.75) is 19.5 Å². The van der Waals surface area contributed by atoms with Crippen LogP contribution in [0.5, 0.6) is 0 Å². The average molecular weight is 387 g/mol. The van der Waals surface area contributed by atoms with Gasteiger partial charge in [0.05, 0.1) is 11.1 Å². The minimum Gasteiger partial charge on any atom is -0.369 e. The van der Waals surface area contributed by atoms with Crippen molar-refractivity contribution < 1.29 is 18.0 Å². The van der Waals surface area contributed by atoms with Gasteiger partial charge in [-0.3, -0.25) is 4.79 Å². The first-order chi connectivity index (χ1) is 13.3. The summed E-state index contributed by atoms with van der Waals surface area (Å²) >= 11 is 0. The molecule has 3 heterocycles. The predicted octanol–water partition coefficient (Wildman–Crippen LogP) is 3.33. The summed E-state index contributed by atoms with van der Waals surface area (Å²) in [5.41, 5.74) is 6.95. The van der Waals surface area contributed by atoms with Gasteiger partial charge in [0, 0.05) is 30.1 Å². The lowest BCUT2D eigenvalue weighted by Gasteiger charge is -2.11. The van der Waals surface area contributed by atoms with E-state index in [-0.39, 0.29) is 5.56 Å². The lowest BCUT2D eigenvalue weighted by atomic mass is 9.97.